The highest BCUT2D eigenvalue weighted by Crippen LogP contribution is 2.31. The van der Waals surface area contributed by atoms with E-state index in [0.717, 1.165) is 36.0 Å². The van der Waals surface area contributed by atoms with Crippen LogP contribution in [0.4, 0.5) is 0 Å². The van der Waals surface area contributed by atoms with Crippen molar-refractivity contribution in [2.24, 2.45) is 0 Å². The summed E-state index contributed by atoms with van der Waals surface area (Å²) in [6.07, 6.45) is 3.09. The number of aromatic nitrogens is 2. The molecule has 0 amide bonds. The second-order valence-corrected chi connectivity index (χ2v) is 6.18. The van der Waals surface area contributed by atoms with Crippen molar-refractivity contribution in [2.75, 3.05) is 6.61 Å². The lowest BCUT2D eigenvalue weighted by atomic mass is 10.0. The van der Waals surface area contributed by atoms with Crippen LogP contribution < -0.4 is 10.1 Å². The molecular formula is C16H17N3OS. The fourth-order valence-corrected chi connectivity index (χ4v) is 3.71. The molecule has 0 bridgehead atoms. The van der Waals surface area contributed by atoms with Crippen LogP contribution in [0.2, 0.25) is 0 Å². The minimum absolute atomic E-state index is 0.346. The molecule has 0 radical (unpaired) electrons. The number of imidazole rings is 1. The first kappa shape index (κ1) is 12.9. The minimum Gasteiger partial charge on any atom is -0.493 e. The number of nitrogens with zero attached hydrogens (tertiary/aromatic N) is 2. The Balaban J connectivity index is 1.58. The van der Waals surface area contributed by atoms with Crippen molar-refractivity contribution in [1.82, 2.24) is 14.7 Å². The fourth-order valence-electron chi connectivity index (χ4n) is 2.93. The lowest BCUT2D eigenvalue weighted by molar-refractivity contribution is 0.252. The van der Waals surface area contributed by atoms with Crippen LogP contribution in [0.1, 0.15) is 29.4 Å². The van der Waals surface area contributed by atoms with Crippen molar-refractivity contribution in [3.05, 3.63) is 52.8 Å². The summed E-state index contributed by atoms with van der Waals surface area (Å²) in [7, 11) is 0. The molecule has 2 aromatic heterocycles. The summed E-state index contributed by atoms with van der Waals surface area (Å²) in [6, 6.07) is 8.64. The minimum atomic E-state index is 0.346. The van der Waals surface area contributed by atoms with Gasteiger partial charge in [0.25, 0.3) is 0 Å². The van der Waals surface area contributed by atoms with Crippen LogP contribution in [0.25, 0.3) is 4.96 Å². The Hall–Kier alpha value is -1.85. The van der Waals surface area contributed by atoms with Crippen molar-refractivity contribution in [1.29, 1.82) is 0 Å². The number of fused-ring (bicyclic) bond motifs is 2. The number of para-hydroxylation sites is 1. The quantitative estimate of drug-likeness (QED) is 0.806. The molecule has 0 spiro atoms. The van der Waals surface area contributed by atoms with Gasteiger partial charge in [-0.1, -0.05) is 18.2 Å². The summed E-state index contributed by atoms with van der Waals surface area (Å²) in [4.78, 5) is 5.66. The molecule has 1 N–H and O–H groups in total. The lowest BCUT2D eigenvalue weighted by Gasteiger charge is -2.26. The largest absolute Gasteiger partial charge is 0.493 e. The summed E-state index contributed by atoms with van der Waals surface area (Å²) in [5, 5.41) is 5.75. The molecule has 3 heterocycles. The zero-order chi connectivity index (χ0) is 14.2. The molecule has 4 rings (SSSR count). The summed E-state index contributed by atoms with van der Waals surface area (Å²) in [5.74, 6) is 1.01. The van der Waals surface area contributed by atoms with E-state index in [4.69, 9.17) is 4.74 Å². The number of hydrogen-bond donors (Lipinski definition) is 1. The fraction of sp³-hybridized carbons (Fsp3) is 0.312. The van der Waals surface area contributed by atoms with Crippen molar-refractivity contribution < 1.29 is 4.74 Å². The Morgan fingerprint density at radius 1 is 1.43 bits per heavy atom. The number of rotatable bonds is 3. The van der Waals surface area contributed by atoms with E-state index in [2.05, 4.69) is 45.3 Å². The second-order valence-electron chi connectivity index (χ2n) is 5.31. The van der Waals surface area contributed by atoms with E-state index in [1.807, 2.05) is 12.1 Å². The average molecular weight is 299 g/mol. The van der Waals surface area contributed by atoms with Crippen LogP contribution in [-0.2, 0) is 6.54 Å². The van der Waals surface area contributed by atoms with E-state index in [0.29, 0.717) is 6.04 Å². The van der Waals surface area contributed by atoms with Crippen molar-refractivity contribution in [3.63, 3.8) is 0 Å². The van der Waals surface area contributed by atoms with Gasteiger partial charge in [0.2, 0.25) is 0 Å². The maximum absolute atomic E-state index is 5.72. The van der Waals surface area contributed by atoms with Crippen molar-refractivity contribution in [3.8, 4) is 5.75 Å². The molecule has 1 atom stereocenters. The highest BCUT2D eigenvalue weighted by atomic mass is 32.1. The normalized spacial score (nSPS) is 17.7. The van der Waals surface area contributed by atoms with Gasteiger partial charge in [-0.3, -0.25) is 4.40 Å². The molecular weight excluding hydrogens is 282 g/mol. The molecule has 1 aromatic carbocycles. The second kappa shape index (κ2) is 5.16. The van der Waals surface area contributed by atoms with E-state index in [9.17, 15) is 0 Å². The lowest BCUT2D eigenvalue weighted by Crippen LogP contribution is -2.27. The number of thiazole rings is 1. The Bertz CT molecular complexity index is 777. The maximum Gasteiger partial charge on any atom is 0.194 e. The van der Waals surface area contributed by atoms with Gasteiger partial charge < -0.3 is 10.1 Å². The molecule has 5 heteroatoms. The van der Waals surface area contributed by atoms with E-state index in [1.165, 1.54) is 11.3 Å². The number of benzene rings is 1. The van der Waals surface area contributed by atoms with E-state index < -0.39 is 0 Å². The Morgan fingerprint density at radius 2 is 2.33 bits per heavy atom. The summed E-state index contributed by atoms with van der Waals surface area (Å²) in [5.41, 5.74) is 3.61. The molecule has 1 aliphatic rings. The third-order valence-electron chi connectivity index (χ3n) is 4.04. The van der Waals surface area contributed by atoms with Gasteiger partial charge in [0, 0.05) is 36.1 Å². The third kappa shape index (κ3) is 2.22. The van der Waals surface area contributed by atoms with Crippen LogP contribution in [0.5, 0.6) is 5.75 Å². The SMILES string of the molecule is Cc1nc2sccn2c1CNC1CCOc2ccccc21. The number of aryl methyl sites for hydroxylation is 1. The third-order valence-corrected chi connectivity index (χ3v) is 4.79. The summed E-state index contributed by atoms with van der Waals surface area (Å²) < 4.78 is 7.90. The van der Waals surface area contributed by atoms with Gasteiger partial charge in [0.15, 0.2) is 4.96 Å². The molecule has 0 aliphatic carbocycles. The first-order valence-electron chi connectivity index (χ1n) is 7.19. The van der Waals surface area contributed by atoms with Gasteiger partial charge in [-0.15, -0.1) is 11.3 Å². The van der Waals surface area contributed by atoms with E-state index in [1.54, 1.807) is 11.3 Å². The smallest absolute Gasteiger partial charge is 0.194 e. The van der Waals surface area contributed by atoms with Crippen LogP contribution >= 0.6 is 11.3 Å². The predicted octanol–water partition coefficient (Wildman–Crippen LogP) is 3.32. The molecule has 0 saturated heterocycles. The van der Waals surface area contributed by atoms with E-state index in [-0.39, 0.29) is 0 Å². The molecule has 108 valence electrons. The van der Waals surface area contributed by atoms with E-state index >= 15 is 0 Å². The first-order valence-corrected chi connectivity index (χ1v) is 8.07. The molecule has 0 saturated carbocycles. The Morgan fingerprint density at radius 3 is 3.29 bits per heavy atom. The van der Waals surface area contributed by atoms with Gasteiger partial charge in [-0.25, -0.2) is 4.98 Å². The number of hydrogen-bond acceptors (Lipinski definition) is 4. The molecule has 4 nitrogen and oxygen atoms in total. The molecule has 3 aromatic rings. The van der Waals surface area contributed by atoms with Gasteiger partial charge in [-0.05, 0) is 13.0 Å². The summed E-state index contributed by atoms with van der Waals surface area (Å²) >= 11 is 1.68. The molecule has 21 heavy (non-hydrogen) atoms. The monoisotopic (exact) mass is 299 g/mol. The van der Waals surface area contributed by atoms with Crippen LogP contribution in [-0.4, -0.2) is 16.0 Å². The zero-order valence-electron chi connectivity index (χ0n) is 11.9. The highest BCUT2D eigenvalue weighted by molar-refractivity contribution is 7.15. The Kier molecular flexibility index (Phi) is 3.16. The van der Waals surface area contributed by atoms with Gasteiger partial charge in [-0.2, -0.15) is 0 Å². The van der Waals surface area contributed by atoms with Crippen molar-refractivity contribution >= 4 is 16.3 Å². The number of nitrogens with one attached hydrogen (secondary N) is 1. The molecule has 0 fully saturated rings. The highest BCUT2D eigenvalue weighted by Gasteiger charge is 2.21. The summed E-state index contributed by atoms with van der Waals surface area (Å²) in [6.45, 7) is 3.67. The topological polar surface area (TPSA) is 38.6 Å². The van der Waals surface area contributed by atoms with Crippen LogP contribution in [0, 0.1) is 6.92 Å². The first-order chi connectivity index (χ1) is 10.3. The zero-order valence-corrected chi connectivity index (χ0v) is 12.7. The molecule has 1 aliphatic heterocycles. The number of ether oxygens (including phenoxy) is 1. The van der Waals surface area contributed by atoms with Crippen LogP contribution in [0.15, 0.2) is 35.8 Å². The van der Waals surface area contributed by atoms with Gasteiger partial charge >= 0.3 is 0 Å². The van der Waals surface area contributed by atoms with Crippen molar-refractivity contribution in [2.45, 2.75) is 25.9 Å². The van der Waals surface area contributed by atoms with Gasteiger partial charge in [0.05, 0.1) is 18.0 Å². The average Bonchev–Trinajstić information content (AvgIpc) is 3.06. The standard InChI is InChI=1S/C16H17N3OS/c1-11-14(19-7-9-21-16(19)18-11)10-17-13-6-8-20-15-5-3-2-4-12(13)15/h2-5,7,9,13,17H,6,8,10H2,1H3. The van der Waals surface area contributed by atoms with Gasteiger partial charge in [0.1, 0.15) is 5.75 Å². The Labute approximate surface area is 127 Å². The predicted molar refractivity (Wildman–Crippen MR) is 83.9 cm³/mol. The maximum atomic E-state index is 5.72. The van der Waals surface area contributed by atoms with Crippen LogP contribution in [0.3, 0.4) is 0 Å². The molecule has 1 unspecified atom stereocenters.